The Labute approximate surface area is 125 Å². The normalized spacial score (nSPS) is 11.3. The number of amides is 3. The number of alkyl halides is 3. The predicted octanol–water partition coefficient (Wildman–Crippen LogP) is 1.60. The van der Waals surface area contributed by atoms with E-state index >= 15 is 0 Å². The number of nitrogens with zero attached hydrogens (tertiary/aromatic N) is 1. The van der Waals surface area contributed by atoms with Crippen LogP contribution in [0.2, 0.25) is 0 Å². The molecule has 1 aromatic carbocycles. The van der Waals surface area contributed by atoms with Crippen molar-refractivity contribution in [3.63, 3.8) is 0 Å². The molecule has 0 bridgehead atoms. The number of benzene rings is 1. The molecule has 0 unspecified atom stereocenters. The van der Waals surface area contributed by atoms with Crippen LogP contribution in [0, 0.1) is 0 Å². The molecule has 0 spiro atoms. The number of nitrogens with two attached hydrogens (primary N) is 1. The first-order valence-corrected chi connectivity index (χ1v) is 6.28. The summed E-state index contributed by atoms with van der Waals surface area (Å²) in [7, 11) is 1.73. The second kappa shape index (κ2) is 7.64. The van der Waals surface area contributed by atoms with Gasteiger partial charge in [0.15, 0.2) is 0 Å². The summed E-state index contributed by atoms with van der Waals surface area (Å²) >= 11 is 0. The molecule has 0 atom stereocenters. The lowest BCUT2D eigenvalue weighted by molar-refractivity contribution is -0.274. The molecule has 1 aromatic rings. The fourth-order valence-electron chi connectivity index (χ4n) is 1.68. The zero-order valence-corrected chi connectivity index (χ0v) is 11.8. The summed E-state index contributed by atoms with van der Waals surface area (Å²) in [4.78, 5) is 23.5. The lowest BCUT2D eigenvalue weighted by Gasteiger charge is -2.16. The van der Waals surface area contributed by atoms with E-state index in [4.69, 9.17) is 5.73 Å². The second-order valence-corrected chi connectivity index (χ2v) is 4.59. The highest BCUT2D eigenvalue weighted by Crippen LogP contribution is 2.22. The van der Waals surface area contributed by atoms with Gasteiger partial charge in [-0.25, -0.2) is 4.79 Å². The summed E-state index contributed by atoms with van der Waals surface area (Å²) in [6.45, 7) is 0.788. The lowest BCUT2D eigenvalue weighted by atomic mass is 10.2. The topological polar surface area (TPSA) is 84.7 Å². The van der Waals surface area contributed by atoms with Crippen LogP contribution >= 0.6 is 0 Å². The average molecular weight is 319 g/mol. The van der Waals surface area contributed by atoms with Gasteiger partial charge in [-0.05, 0) is 24.7 Å². The summed E-state index contributed by atoms with van der Waals surface area (Å²) in [6, 6.07) is 4.53. The fourth-order valence-corrected chi connectivity index (χ4v) is 1.68. The highest BCUT2D eigenvalue weighted by Gasteiger charge is 2.30. The first kappa shape index (κ1) is 17.8. The van der Waals surface area contributed by atoms with Gasteiger partial charge in [0.05, 0.1) is 0 Å². The predicted molar refractivity (Wildman–Crippen MR) is 71.8 cm³/mol. The van der Waals surface area contributed by atoms with Gasteiger partial charge in [-0.15, -0.1) is 13.2 Å². The number of carbonyl (C=O) groups is 2. The largest absolute Gasteiger partial charge is 0.573 e. The van der Waals surface area contributed by atoms with Crippen molar-refractivity contribution >= 4 is 11.9 Å². The summed E-state index contributed by atoms with van der Waals surface area (Å²) in [6.07, 6.45) is -4.64. The number of primary amides is 1. The Morgan fingerprint density at radius 3 is 2.36 bits per heavy atom. The number of imide groups is 1. The number of urea groups is 1. The zero-order chi connectivity index (χ0) is 16.8. The van der Waals surface area contributed by atoms with Gasteiger partial charge in [0.1, 0.15) is 5.75 Å². The van der Waals surface area contributed by atoms with Crippen molar-refractivity contribution in [3.8, 4) is 5.75 Å². The smallest absolute Gasteiger partial charge is 0.406 e. The van der Waals surface area contributed by atoms with Gasteiger partial charge >= 0.3 is 12.4 Å². The van der Waals surface area contributed by atoms with E-state index in [0.717, 1.165) is 5.56 Å². The molecule has 0 saturated heterocycles. The Kier molecular flexibility index (Phi) is 6.17. The van der Waals surface area contributed by atoms with Crippen LogP contribution < -0.4 is 15.8 Å². The quantitative estimate of drug-likeness (QED) is 0.834. The molecule has 6 nitrogen and oxygen atoms in total. The van der Waals surface area contributed by atoms with E-state index in [1.807, 2.05) is 5.32 Å². The summed E-state index contributed by atoms with van der Waals surface area (Å²) in [5.41, 5.74) is 5.56. The minimum absolute atomic E-state index is 0.0781. The van der Waals surface area contributed by atoms with Gasteiger partial charge in [0.2, 0.25) is 5.91 Å². The summed E-state index contributed by atoms with van der Waals surface area (Å²) < 4.78 is 39.8. The summed E-state index contributed by atoms with van der Waals surface area (Å²) in [5, 5.41) is 1.94. The molecule has 3 N–H and O–H groups in total. The van der Waals surface area contributed by atoms with Crippen LogP contribution in [0.1, 0.15) is 12.0 Å². The number of ether oxygens (including phenoxy) is 1. The molecule has 0 aliphatic rings. The molecule has 0 aliphatic heterocycles. The monoisotopic (exact) mass is 319 g/mol. The van der Waals surface area contributed by atoms with E-state index in [1.54, 1.807) is 11.9 Å². The van der Waals surface area contributed by atoms with Crippen molar-refractivity contribution in [2.75, 3.05) is 13.6 Å². The number of hydrogen-bond acceptors (Lipinski definition) is 4. The molecule has 22 heavy (non-hydrogen) atoms. The Morgan fingerprint density at radius 1 is 1.27 bits per heavy atom. The molecule has 0 fully saturated rings. The maximum Gasteiger partial charge on any atom is 0.573 e. The number of halogens is 3. The second-order valence-electron chi connectivity index (χ2n) is 4.59. The van der Waals surface area contributed by atoms with Crippen LogP contribution in [-0.4, -0.2) is 36.8 Å². The van der Waals surface area contributed by atoms with Gasteiger partial charge in [-0.2, -0.15) is 0 Å². The van der Waals surface area contributed by atoms with E-state index in [2.05, 4.69) is 4.74 Å². The third-order valence-corrected chi connectivity index (χ3v) is 2.59. The lowest BCUT2D eigenvalue weighted by Crippen LogP contribution is -2.36. The Hall–Kier alpha value is -2.29. The van der Waals surface area contributed by atoms with Crippen molar-refractivity contribution in [3.05, 3.63) is 29.8 Å². The van der Waals surface area contributed by atoms with Crippen LogP contribution in [0.5, 0.6) is 5.75 Å². The maximum absolute atomic E-state index is 12.0. The van der Waals surface area contributed by atoms with E-state index in [1.165, 1.54) is 24.3 Å². The maximum atomic E-state index is 12.0. The Morgan fingerprint density at radius 2 is 1.86 bits per heavy atom. The van der Waals surface area contributed by atoms with Gasteiger partial charge in [0, 0.05) is 19.5 Å². The summed E-state index contributed by atoms with van der Waals surface area (Å²) in [5.74, 6) is -0.784. The van der Waals surface area contributed by atoms with Crippen molar-refractivity contribution in [1.82, 2.24) is 10.2 Å². The van der Waals surface area contributed by atoms with Crippen LogP contribution in [0.3, 0.4) is 0 Å². The van der Waals surface area contributed by atoms with Gasteiger partial charge in [0.25, 0.3) is 0 Å². The average Bonchev–Trinajstić information content (AvgIpc) is 2.36. The molecule has 9 heteroatoms. The number of hydrogen-bond donors (Lipinski definition) is 2. The van der Waals surface area contributed by atoms with Crippen molar-refractivity contribution in [1.29, 1.82) is 0 Å². The van der Waals surface area contributed by atoms with Crippen molar-refractivity contribution in [2.45, 2.75) is 19.3 Å². The third kappa shape index (κ3) is 7.48. The minimum atomic E-state index is -4.72. The zero-order valence-electron chi connectivity index (χ0n) is 11.8. The minimum Gasteiger partial charge on any atom is -0.406 e. The number of nitrogens with one attached hydrogen (secondary N) is 1. The van der Waals surface area contributed by atoms with Crippen LogP contribution in [0.25, 0.3) is 0 Å². The molecule has 3 amide bonds. The fraction of sp³-hybridized carbons (Fsp3) is 0.385. The molecule has 0 aromatic heterocycles. The first-order chi connectivity index (χ1) is 10.2. The number of rotatable bonds is 6. The van der Waals surface area contributed by atoms with Crippen LogP contribution in [0.15, 0.2) is 24.3 Å². The molecule has 0 heterocycles. The van der Waals surface area contributed by atoms with E-state index in [0.29, 0.717) is 13.1 Å². The van der Waals surface area contributed by atoms with E-state index in [9.17, 15) is 22.8 Å². The molecular weight excluding hydrogens is 303 g/mol. The Balaban J connectivity index is 2.43. The van der Waals surface area contributed by atoms with Crippen LogP contribution in [-0.2, 0) is 11.3 Å². The Bertz CT molecular complexity index is 518. The first-order valence-electron chi connectivity index (χ1n) is 6.28. The highest BCUT2D eigenvalue weighted by atomic mass is 19.4. The third-order valence-electron chi connectivity index (χ3n) is 2.59. The molecule has 122 valence electrons. The molecular formula is C13H16F3N3O3. The standard InChI is InChI=1S/C13H16F3N3O3/c1-19(7-6-11(20)18-12(17)21)8-9-2-4-10(5-3-9)22-13(14,15)16/h2-5H,6-8H2,1H3,(H3,17,18,20,21). The van der Waals surface area contributed by atoms with Crippen molar-refractivity contribution in [2.24, 2.45) is 5.73 Å². The SMILES string of the molecule is CN(CCC(=O)NC(N)=O)Cc1ccc(OC(F)(F)F)cc1. The van der Waals surface area contributed by atoms with Crippen LogP contribution in [0.4, 0.5) is 18.0 Å². The number of carbonyl (C=O) groups excluding carboxylic acids is 2. The van der Waals surface area contributed by atoms with E-state index < -0.39 is 18.3 Å². The van der Waals surface area contributed by atoms with E-state index in [-0.39, 0.29) is 12.2 Å². The van der Waals surface area contributed by atoms with Gasteiger partial charge < -0.3 is 15.4 Å². The molecule has 1 rings (SSSR count). The molecule has 0 radical (unpaired) electrons. The van der Waals surface area contributed by atoms with Gasteiger partial charge in [-0.1, -0.05) is 12.1 Å². The molecule has 0 saturated carbocycles. The van der Waals surface area contributed by atoms with Crippen molar-refractivity contribution < 1.29 is 27.5 Å². The highest BCUT2D eigenvalue weighted by molar-refractivity contribution is 5.93. The van der Waals surface area contributed by atoms with Gasteiger partial charge in [-0.3, -0.25) is 10.1 Å². The molecule has 0 aliphatic carbocycles.